The fraction of sp³-hybridized carbons (Fsp3) is 0.800. The Morgan fingerprint density at radius 1 is 1.14 bits per heavy atom. The Bertz CT molecular complexity index is 432. The monoisotopic (exact) mass is 293 g/mol. The van der Waals surface area contributed by atoms with E-state index in [0.29, 0.717) is 12.0 Å². The molecule has 0 radical (unpaired) electrons. The van der Waals surface area contributed by atoms with Gasteiger partial charge in [-0.2, -0.15) is 5.10 Å². The number of nitrogens with one attached hydrogen (secondary N) is 1. The number of aryl methyl sites for hydroxylation is 2. The van der Waals surface area contributed by atoms with Crippen LogP contribution in [0.25, 0.3) is 0 Å². The number of anilines is 1. The summed E-state index contributed by atoms with van der Waals surface area (Å²) in [7, 11) is 1.75. The summed E-state index contributed by atoms with van der Waals surface area (Å²) in [5.41, 5.74) is 2.07. The van der Waals surface area contributed by atoms with Gasteiger partial charge in [0.2, 0.25) is 5.95 Å². The van der Waals surface area contributed by atoms with Crippen LogP contribution in [0.5, 0.6) is 0 Å². The van der Waals surface area contributed by atoms with Gasteiger partial charge < -0.3 is 15.0 Å². The summed E-state index contributed by atoms with van der Waals surface area (Å²) in [5, 5.41) is 11.9. The van der Waals surface area contributed by atoms with E-state index < -0.39 is 0 Å². The average Bonchev–Trinajstić information content (AvgIpc) is 2.54. The molecule has 0 aromatic carbocycles. The van der Waals surface area contributed by atoms with Crippen LogP contribution >= 0.6 is 0 Å². The van der Waals surface area contributed by atoms with E-state index in [4.69, 9.17) is 4.74 Å². The number of rotatable bonds is 7. The molecule has 1 fully saturated rings. The lowest BCUT2D eigenvalue weighted by Crippen LogP contribution is -2.40. The molecular weight excluding hydrogens is 266 g/mol. The molecule has 1 aliphatic rings. The van der Waals surface area contributed by atoms with E-state index in [0.717, 1.165) is 63.3 Å². The van der Waals surface area contributed by atoms with Crippen molar-refractivity contribution in [2.45, 2.75) is 45.6 Å². The van der Waals surface area contributed by atoms with E-state index in [1.54, 1.807) is 7.11 Å². The second kappa shape index (κ2) is 8.24. The van der Waals surface area contributed by atoms with E-state index in [9.17, 15) is 0 Å². The highest BCUT2D eigenvalue weighted by molar-refractivity contribution is 5.27. The zero-order valence-corrected chi connectivity index (χ0v) is 13.4. The molecule has 1 saturated heterocycles. The first-order valence-electron chi connectivity index (χ1n) is 7.97. The number of hydrogen-bond donors (Lipinski definition) is 1. The van der Waals surface area contributed by atoms with Crippen molar-refractivity contribution >= 4 is 5.95 Å². The molecule has 118 valence electrons. The third kappa shape index (κ3) is 4.61. The largest absolute Gasteiger partial charge is 0.383 e. The number of piperidine rings is 1. The first-order valence-corrected chi connectivity index (χ1v) is 7.97. The highest BCUT2D eigenvalue weighted by Gasteiger charge is 2.19. The van der Waals surface area contributed by atoms with Gasteiger partial charge in [-0.05, 0) is 25.7 Å². The smallest absolute Gasteiger partial charge is 0.243 e. The second-order valence-corrected chi connectivity index (χ2v) is 5.49. The molecule has 1 aromatic heterocycles. The topological polar surface area (TPSA) is 63.2 Å². The van der Waals surface area contributed by atoms with E-state index in [1.807, 2.05) is 0 Å². The Hall–Kier alpha value is -1.27. The first-order chi connectivity index (χ1) is 10.3. The Kier molecular flexibility index (Phi) is 6.32. The molecule has 2 rings (SSSR count). The molecule has 21 heavy (non-hydrogen) atoms. The van der Waals surface area contributed by atoms with Crippen LogP contribution in [0.3, 0.4) is 0 Å². The summed E-state index contributed by atoms with van der Waals surface area (Å²) in [6.45, 7) is 8.23. The predicted molar refractivity (Wildman–Crippen MR) is 83.5 cm³/mol. The molecule has 6 heteroatoms. The average molecular weight is 293 g/mol. The Morgan fingerprint density at radius 3 is 2.48 bits per heavy atom. The molecule has 0 unspecified atom stereocenters. The minimum atomic E-state index is 0.447. The maximum atomic E-state index is 5.13. The van der Waals surface area contributed by atoms with Crippen molar-refractivity contribution in [2.75, 3.05) is 38.7 Å². The summed E-state index contributed by atoms with van der Waals surface area (Å²) in [4.78, 5) is 7.05. The molecule has 6 nitrogen and oxygen atoms in total. The number of hydrogen-bond acceptors (Lipinski definition) is 6. The van der Waals surface area contributed by atoms with E-state index in [-0.39, 0.29) is 0 Å². The first kappa shape index (κ1) is 16.1. The summed E-state index contributed by atoms with van der Waals surface area (Å²) in [5.74, 6) is 0.680. The Balaban J connectivity index is 1.86. The fourth-order valence-corrected chi connectivity index (χ4v) is 2.70. The number of nitrogens with zero attached hydrogens (tertiary/aromatic N) is 4. The molecule has 0 spiro atoms. The summed E-state index contributed by atoms with van der Waals surface area (Å²) in [6, 6.07) is 0.447. The zero-order chi connectivity index (χ0) is 15.1. The van der Waals surface area contributed by atoms with Gasteiger partial charge in [0.15, 0.2) is 0 Å². The minimum absolute atomic E-state index is 0.447. The summed E-state index contributed by atoms with van der Waals surface area (Å²) >= 11 is 0. The van der Waals surface area contributed by atoms with Gasteiger partial charge in [0.05, 0.1) is 18.0 Å². The molecule has 0 bridgehead atoms. The maximum Gasteiger partial charge on any atom is 0.243 e. The van der Waals surface area contributed by atoms with Crippen molar-refractivity contribution in [3.8, 4) is 0 Å². The molecule has 1 aliphatic heterocycles. The Morgan fingerprint density at radius 2 is 1.86 bits per heavy atom. The molecule has 0 amide bonds. The van der Waals surface area contributed by atoms with Crippen molar-refractivity contribution in [1.82, 2.24) is 20.1 Å². The quantitative estimate of drug-likeness (QED) is 0.822. The predicted octanol–water partition coefficient (Wildman–Crippen LogP) is 1.52. The van der Waals surface area contributed by atoms with Gasteiger partial charge in [-0.3, -0.25) is 0 Å². The normalized spacial score (nSPS) is 17.1. The summed E-state index contributed by atoms with van der Waals surface area (Å²) < 4.78 is 5.13. The number of likely N-dealkylation sites (tertiary alicyclic amines) is 1. The van der Waals surface area contributed by atoms with Crippen LogP contribution in [0.1, 0.15) is 38.1 Å². The SMILES string of the molecule is CCc1nnc(NC2CCN(CCOC)CC2)nc1CC. The standard InChI is InChI=1S/C15H27N5O/c1-4-13-14(5-2)18-19-15(17-13)16-12-6-8-20(9-7-12)10-11-21-3/h12H,4-11H2,1-3H3,(H,16,17,19). The lowest BCUT2D eigenvalue weighted by Gasteiger charge is -2.32. The molecule has 1 aromatic rings. The lowest BCUT2D eigenvalue weighted by molar-refractivity contribution is 0.132. The minimum Gasteiger partial charge on any atom is -0.383 e. The highest BCUT2D eigenvalue weighted by atomic mass is 16.5. The van der Waals surface area contributed by atoms with Gasteiger partial charge in [0.25, 0.3) is 0 Å². The third-order valence-electron chi connectivity index (χ3n) is 4.04. The maximum absolute atomic E-state index is 5.13. The molecule has 0 aliphatic carbocycles. The van der Waals surface area contributed by atoms with Crippen LogP contribution in [-0.4, -0.2) is 59.5 Å². The van der Waals surface area contributed by atoms with Crippen molar-refractivity contribution in [2.24, 2.45) is 0 Å². The van der Waals surface area contributed by atoms with Crippen molar-refractivity contribution in [1.29, 1.82) is 0 Å². The van der Waals surface area contributed by atoms with Crippen LogP contribution in [0.2, 0.25) is 0 Å². The van der Waals surface area contributed by atoms with Gasteiger partial charge in [0, 0.05) is 32.8 Å². The lowest BCUT2D eigenvalue weighted by atomic mass is 10.1. The number of aromatic nitrogens is 3. The van der Waals surface area contributed by atoms with E-state index >= 15 is 0 Å². The molecule has 2 heterocycles. The van der Waals surface area contributed by atoms with Gasteiger partial charge in [0.1, 0.15) is 0 Å². The Labute approximate surface area is 127 Å². The van der Waals surface area contributed by atoms with Gasteiger partial charge >= 0.3 is 0 Å². The molecule has 1 N–H and O–H groups in total. The van der Waals surface area contributed by atoms with Crippen LogP contribution < -0.4 is 5.32 Å². The van der Waals surface area contributed by atoms with Gasteiger partial charge in [-0.15, -0.1) is 5.10 Å². The summed E-state index contributed by atoms with van der Waals surface area (Å²) in [6.07, 6.45) is 4.03. The van der Waals surface area contributed by atoms with Crippen molar-refractivity contribution in [3.63, 3.8) is 0 Å². The van der Waals surface area contributed by atoms with Crippen LogP contribution in [0, 0.1) is 0 Å². The third-order valence-corrected chi connectivity index (χ3v) is 4.04. The van der Waals surface area contributed by atoms with E-state index in [1.165, 1.54) is 0 Å². The van der Waals surface area contributed by atoms with Crippen molar-refractivity contribution in [3.05, 3.63) is 11.4 Å². The molecule has 0 atom stereocenters. The number of ether oxygens (including phenoxy) is 1. The number of methoxy groups -OCH3 is 1. The van der Waals surface area contributed by atoms with E-state index in [2.05, 4.69) is 39.2 Å². The van der Waals surface area contributed by atoms with Crippen LogP contribution in [0.4, 0.5) is 5.95 Å². The van der Waals surface area contributed by atoms with Crippen LogP contribution in [-0.2, 0) is 17.6 Å². The second-order valence-electron chi connectivity index (χ2n) is 5.49. The fourth-order valence-electron chi connectivity index (χ4n) is 2.70. The van der Waals surface area contributed by atoms with Gasteiger partial charge in [-0.1, -0.05) is 13.8 Å². The molecule has 0 saturated carbocycles. The van der Waals surface area contributed by atoms with Crippen LogP contribution in [0.15, 0.2) is 0 Å². The molecular formula is C15H27N5O. The zero-order valence-electron chi connectivity index (χ0n) is 13.4. The highest BCUT2D eigenvalue weighted by Crippen LogP contribution is 2.14. The van der Waals surface area contributed by atoms with Crippen molar-refractivity contribution < 1.29 is 4.74 Å². The van der Waals surface area contributed by atoms with Gasteiger partial charge in [-0.25, -0.2) is 4.98 Å².